The molecule has 3 aromatic carbocycles. The van der Waals surface area contributed by atoms with Crippen molar-refractivity contribution in [2.24, 2.45) is 10.2 Å². The van der Waals surface area contributed by atoms with Crippen molar-refractivity contribution in [3.05, 3.63) is 52.6 Å². The van der Waals surface area contributed by atoms with Crippen LogP contribution in [0.3, 0.4) is 0 Å². The summed E-state index contributed by atoms with van der Waals surface area (Å²) in [5, 5.41) is 31.5. The molecule has 0 aliphatic carbocycles. The second-order valence-corrected chi connectivity index (χ2v) is 6.61. The number of nitrogens with zero attached hydrogens (tertiary/aromatic N) is 3. The van der Waals surface area contributed by atoms with Gasteiger partial charge in [-0.3, -0.25) is 10.1 Å². The molecule has 0 radical (unpaired) electrons. The van der Waals surface area contributed by atoms with Crippen molar-refractivity contribution in [1.29, 1.82) is 0 Å². The van der Waals surface area contributed by atoms with Gasteiger partial charge in [0.25, 0.3) is 0 Å². The number of aromatic hydroxyl groups is 1. The largest absolute Gasteiger partial charge is 0.505 e. The van der Waals surface area contributed by atoms with E-state index in [0.29, 0.717) is 11.1 Å². The molecule has 9 nitrogen and oxygen atoms in total. The lowest BCUT2D eigenvalue weighted by Gasteiger charge is -2.14. The maximum Gasteiger partial charge on any atom is 0.314 e. The van der Waals surface area contributed by atoms with Crippen LogP contribution >= 0.6 is 0 Å². The molecule has 0 fully saturated rings. The van der Waals surface area contributed by atoms with Crippen LogP contribution in [-0.2, 0) is 0 Å². The fraction of sp³-hybridized carbons (Fsp3) is 0.238. The molecule has 0 amide bonds. The average Bonchev–Trinajstić information content (AvgIpc) is 2.73. The number of fused-ring (bicyclic) bond motifs is 1. The first-order chi connectivity index (χ1) is 14.3. The van der Waals surface area contributed by atoms with E-state index < -0.39 is 4.92 Å². The molecule has 0 saturated carbocycles. The third-order valence-corrected chi connectivity index (χ3v) is 4.26. The summed E-state index contributed by atoms with van der Waals surface area (Å²) in [4.78, 5) is 10.6. The normalized spacial score (nSPS) is 11.2. The number of rotatable bonds is 7. The monoisotopic (exact) mass is 411 g/mol. The molecule has 0 saturated heterocycles. The number of benzene rings is 3. The Bertz CT molecular complexity index is 1130. The third-order valence-electron chi connectivity index (χ3n) is 4.26. The Balaban J connectivity index is 2.12. The molecule has 30 heavy (non-hydrogen) atoms. The van der Waals surface area contributed by atoms with E-state index in [1.165, 1.54) is 26.4 Å². The number of methoxy groups -OCH3 is 2. The smallest absolute Gasteiger partial charge is 0.314 e. The SMILES string of the molecule is COc1cc([N+](=O)[O-])c(OC)cc1N=Nc1cc(OC(C)C)c2ccccc2c1O. The van der Waals surface area contributed by atoms with Gasteiger partial charge in [0.15, 0.2) is 17.2 Å². The highest BCUT2D eigenvalue weighted by atomic mass is 16.6. The highest BCUT2D eigenvalue weighted by molar-refractivity contribution is 5.97. The minimum atomic E-state index is -0.576. The molecule has 0 heterocycles. The molecule has 0 aliphatic rings. The Hall–Kier alpha value is -3.88. The molecule has 3 rings (SSSR count). The summed E-state index contributed by atoms with van der Waals surface area (Å²) in [5.74, 6) is 0.658. The van der Waals surface area contributed by atoms with Crippen LogP contribution in [-0.4, -0.2) is 30.4 Å². The van der Waals surface area contributed by atoms with Gasteiger partial charge >= 0.3 is 5.69 Å². The summed E-state index contributed by atoms with van der Waals surface area (Å²) in [6.45, 7) is 3.80. The maximum atomic E-state index is 11.2. The molecule has 0 bridgehead atoms. The van der Waals surface area contributed by atoms with Gasteiger partial charge in [-0.2, -0.15) is 0 Å². The van der Waals surface area contributed by atoms with Gasteiger partial charge in [0, 0.05) is 22.9 Å². The first-order valence-corrected chi connectivity index (χ1v) is 9.09. The zero-order valence-electron chi connectivity index (χ0n) is 16.9. The molecule has 0 spiro atoms. The summed E-state index contributed by atoms with van der Waals surface area (Å²) in [7, 11) is 2.69. The highest BCUT2D eigenvalue weighted by Crippen LogP contribution is 2.43. The van der Waals surface area contributed by atoms with Crippen LogP contribution in [0.1, 0.15) is 13.8 Å². The van der Waals surface area contributed by atoms with Gasteiger partial charge in [-0.25, -0.2) is 0 Å². The first-order valence-electron chi connectivity index (χ1n) is 9.09. The number of nitro groups is 1. The topological polar surface area (TPSA) is 116 Å². The summed E-state index contributed by atoms with van der Waals surface area (Å²) in [6, 6.07) is 11.4. The molecule has 0 unspecified atom stereocenters. The zero-order chi connectivity index (χ0) is 21.8. The van der Waals surface area contributed by atoms with Gasteiger partial charge in [-0.1, -0.05) is 24.3 Å². The number of hydrogen-bond acceptors (Lipinski definition) is 8. The molecule has 0 aromatic heterocycles. The Morgan fingerprint density at radius 1 is 0.933 bits per heavy atom. The zero-order valence-corrected chi connectivity index (χ0v) is 16.9. The predicted molar refractivity (Wildman–Crippen MR) is 112 cm³/mol. The average molecular weight is 411 g/mol. The van der Waals surface area contributed by atoms with E-state index in [2.05, 4.69) is 10.2 Å². The van der Waals surface area contributed by atoms with Gasteiger partial charge < -0.3 is 19.3 Å². The molecular weight excluding hydrogens is 390 g/mol. The maximum absolute atomic E-state index is 11.2. The van der Waals surface area contributed by atoms with Crippen LogP contribution in [0.4, 0.5) is 17.1 Å². The van der Waals surface area contributed by atoms with E-state index >= 15 is 0 Å². The van der Waals surface area contributed by atoms with E-state index in [4.69, 9.17) is 14.2 Å². The van der Waals surface area contributed by atoms with Gasteiger partial charge in [0.1, 0.15) is 17.1 Å². The second kappa shape index (κ2) is 8.64. The lowest BCUT2D eigenvalue weighted by Crippen LogP contribution is -2.05. The van der Waals surface area contributed by atoms with E-state index in [9.17, 15) is 15.2 Å². The van der Waals surface area contributed by atoms with Gasteiger partial charge in [-0.05, 0) is 13.8 Å². The van der Waals surface area contributed by atoms with Crippen molar-refractivity contribution >= 4 is 27.8 Å². The summed E-state index contributed by atoms with van der Waals surface area (Å²) in [6.07, 6.45) is -0.0817. The fourth-order valence-electron chi connectivity index (χ4n) is 2.93. The molecular formula is C21H21N3O6. The summed E-state index contributed by atoms with van der Waals surface area (Å²) >= 11 is 0. The minimum Gasteiger partial charge on any atom is -0.505 e. The van der Waals surface area contributed by atoms with Crippen molar-refractivity contribution in [1.82, 2.24) is 0 Å². The Kier molecular flexibility index (Phi) is 6.01. The Morgan fingerprint density at radius 2 is 1.53 bits per heavy atom. The molecule has 1 N–H and O–H groups in total. The van der Waals surface area contributed by atoms with Crippen molar-refractivity contribution in [3.8, 4) is 23.0 Å². The summed E-state index contributed by atoms with van der Waals surface area (Å²) < 4.78 is 16.1. The standard InChI is InChI=1S/C21H21N3O6/c1-12(2)30-18-10-16(21(25)14-8-6-5-7-13(14)18)23-22-15-9-20(29-4)17(24(26)27)11-19(15)28-3/h5-12,25H,1-4H3. The van der Waals surface area contributed by atoms with Crippen LogP contribution in [0.15, 0.2) is 52.7 Å². The van der Waals surface area contributed by atoms with Crippen LogP contribution < -0.4 is 14.2 Å². The molecule has 0 atom stereocenters. The Labute approximate surface area is 172 Å². The number of ether oxygens (including phenoxy) is 3. The highest BCUT2D eigenvalue weighted by Gasteiger charge is 2.20. The first kappa shape index (κ1) is 20.8. The lowest BCUT2D eigenvalue weighted by molar-refractivity contribution is -0.385. The van der Waals surface area contributed by atoms with E-state index in [-0.39, 0.29) is 40.4 Å². The molecule has 3 aromatic rings. The van der Waals surface area contributed by atoms with Crippen molar-refractivity contribution < 1.29 is 24.2 Å². The van der Waals surface area contributed by atoms with Crippen molar-refractivity contribution in [3.63, 3.8) is 0 Å². The molecule has 0 aliphatic heterocycles. The third kappa shape index (κ3) is 4.09. The fourth-order valence-corrected chi connectivity index (χ4v) is 2.93. The number of hydrogen-bond donors (Lipinski definition) is 1. The Morgan fingerprint density at radius 3 is 2.13 bits per heavy atom. The van der Waals surface area contributed by atoms with Crippen LogP contribution in [0.25, 0.3) is 10.8 Å². The summed E-state index contributed by atoms with van der Waals surface area (Å²) in [5.41, 5.74) is 0.136. The van der Waals surface area contributed by atoms with Crippen LogP contribution in [0.2, 0.25) is 0 Å². The predicted octanol–water partition coefficient (Wildman–Crippen LogP) is 5.67. The van der Waals surface area contributed by atoms with E-state index in [1.807, 2.05) is 26.0 Å². The minimum absolute atomic E-state index is 0.0151. The second-order valence-electron chi connectivity index (χ2n) is 6.61. The number of phenolic OH excluding ortho intramolecular Hbond substituents is 1. The number of nitro benzene ring substituents is 1. The van der Waals surface area contributed by atoms with Crippen LogP contribution in [0.5, 0.6) is 23.0 Å². The quantitative estimate of drug-likeness (QED) is 0.304. The number of phenols is 1. The van der Waals surface area contributed by atoms with Gasteiger partial charge in [0.05, 0.1) is 31.3 Å². The van der Waals surface area contributed by atoms with Gasteiger partial charge in [0.2, 0.25) is 0 Å². The number of azo groups is 1. The van der Waals surface area contributed by atoms with Crippen molar-refractivity contribution in [2.45, 2.75) is 20.0 Å². The molecule has 9 heteroatoms. The van der Waals surface area contributed by atoms with Crippen LogP contribution in [0, 0.1) is 10.1 Å². The van der Waals surface area contributed by atoms with Crippen molar-refractivity contribution in [2.75, 3.05) is 14.2 Å². The lowest BCUT2D eigenvalue weighted by atomic mass is 10.1. The van der Waals surface area contributed by atoms with E-state index in [1.54, 1.807) is 18.2 Å². The van der Waals surface area contributed by atoms with Gasteiger partial charge in [-0.15, -0.1) is 10.2 Å². The van der Waals surface area contributed by atoms with E-state index in [0.717, 1.165) is 5.39 Å². The molecule has 156 valence electrons.